The maximum atomic E-state index is 13.4. The molecule has 1 aliphatic heterocycles. The van der Waals surface area contributed by atoms with Gasteiger partial charge in [-0.1, -0.05) is 17.7 Å². The molecule has 1 aromatic heterocycles. The summed E-state index contributed by atoms with van der Waals surface area (Å²) in [4.78, 5) is 18.6. The standard InChI is InChI=1S/C25H30ClFN4O/c1-18(2)30-15-14-29(25(30)32)13-12-28(3)11-10-19-17-31(22-7-5-21(27)6-8-22)24-16-20(26)4-9-23(19)24/h4-9,16-18H,10-15H2,1-3H3. The van der Waals surface area contributed by atoms with E-state index >= 15 is 0 Å². The number of urea groups is 1. The highest BCUT2D eigenvalue weighted by Crippen LogP contribution is 2.28. The summed E-state index contributed by atoms with van der Waals surface area (Å²) in [5.41, 5.74) is 3.13. The number of aromatic nitrogens is 1. The van der Waals surface area contributed by atoms with Gasteiger partial charge >= 0.3 is 6.03 Å². The van der Waals surface area contributed by atoms with E-state index in [1.165, 1.54) is 17.7 Å². The average molecular weight is 457 g/mol. The van der Waals surface area contributed by atoms with Crippen LogP contribution in [0.3, 0.4) is 0 Å². The first-order valence-electron chi connectivity index (χ1n) is 11.1. The van der Waals surface area contributed by atoms with Gasteiger partial charge in [-0.15, -0.1) is 0 Å². The van der Waals surface area contributed by atoms with E-state index in [-0.39, 0.29) is 17.9 Å². The van der Waals surface area contributed by atoms with Gasteiger partial charge < -0.3 is 19.3 Å². The molecule has 2 heterocycles. The molecule has 1 saturated heterocycles. The topological polar surface area (TPSA) is 31.7 Å². The van der Waals surface area contributed by atoms with Crippen LogP contribution in [-0.2, 0) is 6.42 Å². The Morgan fingerprint density at radius 3 is 2.53 bits per heavy atom. The van der Waals surface area contributed by atoms with Gasteiger partial charge in [0.05, 0.1) is 5.52 Å². The van der Waals surface area contributed by atoms with E-state index in [0.29, 0.717) is 5.02 Å². The smallest absolute Gasteiger partial charge is 0.320 e. The summed E-state index contributed by atoms with van der Waals surface area (Å²) < 4.78 is 15.5. The molecule has 0 spiro atoms. The number of halogens is 2. The molecule has 0 bridgehead atoms. The van der Waals surface area contributed by atoms with Crippen molar-refractivity contribution in [2.75, 3.05) is 39.8 Å². The summed E-state index contributed by atoms with van der Waals surface area (Å²) in [6, 6.07) is 12.8. The first-order chi connectivity index (χ1) is 15.3. The quantitative estimate of drug-likeness (QED) is 0.475. The molecule has 32 heavy (non-hydrogen) atoms. The molecule has 0 unspecified atom stereocenters. The van der Waals surface area contributed by atoms with Crippen LogP contribution >= 0.6 is 11.6 Å². The Morgan fingerprint density at radius 2 is 1.84 bits per heavy atom. The number of benzene rings is 2. The van der Waals surface area contributed by atoms with Crippen molar-refractivity contribution >= 4 is 28.5 Å². The minimum atomic E-state index is -0.252. The van der Waals surface area contributed by atoms with Gasteiger partial charge in [0, 0.05) is 61.1 Å². The lowest BCUT2D eigenvalue weighted by Gasteiger charge is -2.23. The molecule has 0 atom stereocenters. The normalized spacial score (nSPS) is 14.5. The third kappa shape index (κ3) is 4.76. The maximum Gasteiger partial charge on any atom is 0.320 e. The third-order valence-corrected chi connectivity index (χ3v) is 6.45. The van der Waals surface area contributed by atoms with E-state index in [2.05, 4.69) is 42.6 Å². The van der Waals surface area contributed by atoms with E-state index in [9.17, 15) is 9.18 Å². The van der Waals surface area contributed by atoms with Gasteiger partial charge in [-0.2, -0.15) is 0 Å². The monoisotopic (exact) mass is 456 g/mol. The molecule has 0 aliphatic carbocycles. The molecule has 170 valence electrons. The van der Waals surface area contributed by atoms with Crippen LogP contribution in [0, 0.1) is 5.82 Å². The summed E-state index contributed by atoms with van der Waals surface area (Å²) in [6.07, 6.45) is 2.99. The predicted octanol–water partition coefficient (Wildman–Crippen LogP) is 5.04. The molecule has 3 aromatic rings. The van der Waals surface area contributed by atoms with Crippen LogP contribution < -0.4 is 0 Å². The summed E-state index contributed by atoms with van der Waals surface area (Å²) in [5, 5.41) is 1.82. The molecular weight excluding hydrogens is 427 g/mol. The molecule has 4 rings (SSSR count). The molecule has 0 radical (unpaired) electrons. The van der Waals surface area contributed by atoms with Crippen molar-refractivity contribution in [2.24, 2.45) is 0 Å². The zero-order valence-electron chi connectivity index (χ0n) is 18.9. The molecule has 5 nitrogen and oxygen atoms in total. The summed E-state index contributed by atoms with van der Waals surface area (Å²) >= 11 is 6.27. The maximum absolute atomic E-state index is 13.4. The number of nitrogens with zero attached hydrogens (tertiary/aromatic N) is 4. The van der Waals surface area contributed by atoms with E-state index in [0.717, 1.165) is 55.7 Å². The Kier molecular flexibility index (Phi) is 6.72. The van der Waals surface area contributed by atoms with Crippen LogP contribution in [0.25, 0.3) is 16.6 Å². The number of likely N-dealkylation sites (N-methyl/N-ethyl adjacent to an activating group) is 1. The average Bonchev–Trinajstić information content (AvgIpc) is 3.31. The van der Waals surface area contributed by atoms with Crippen molar-refractivity contribution in [1.82, 2.24) is 19.3 Å². The number of carbonyl (C=O) groups is 1. The van der Waals surface area contributed by atoms with Gasteiger partial charge in [-0.3, -0.25) is 0 Å². The van der Waals surface area contributed by atoms with Crippen LogP contribution in [0.5, 0.6) is 0 Å². The lowest BCUT2D eigenvalue weighted by atomic mass is 10.1. The van der Waals surface area contributed by atoms with E-state index in [1.54, 1.807) is 12.1 Å². The van der Waals surface area contributed by atoms with Crippen LogP contribution in [0.4, 0.5) is 9.18 Å². The fraction of sp³-hybridized carbons (Fsp3) is 0.400. The van der Waals surface area contributed by atoms with Gasteiger partial charge in [0.2, 0.25) is 0 Å². The fourth-order valence-electron chi connectivity index (χ4n) is 4.29. The third-order valence-electron chi connectivity index (χ3n) is 6.22. The molecule has 2 amide bonds. The van der Waals surface area contributed by atoms with E-state index in [4.69, 9.17) is 11.6 Å². The van der Waals surface area contributed by atoms with Crippen molar-refractivity contribution in [3.05, 3.63) is 65.1 Å². The molecule has 0 saturated carbocycles. The number of amides is 2. The minimum absolute atomic E-state index is 0.146. The van der Waals surface area contributed by atoms with Crippen molar-refractivity contribution in [1.29, 1.82) is 0 Å². The van der Waals surface area contributed by atoms with Gasteiger partial charge in [0.1, 0.15) is 5.82 Å². The highest BCUT2D eigenvalue weighted by molar-refractivity contribution is 6.31. The van der Waals surface area contributed by atoms with Crippen LogP contribution in [0.1, 0.15) is 19.4 Å². The fourth-order valence-corrected chi connectivity index (χ4v) is 4.45. The first kappa shape index (κ1) is 22.6. The molecule has 1 aliphatic rings. The number of rotatable bonds is 8. The Balaban J connectivity index is 1.43. The van der Waals surface area contributed by atoms with Gasteiger partial charge in [0.15, 0.2) is 0 Å². The number of fused-ring (bicyclic) bond motifs is 1. The van der Waals surface area contributed by atoms with E-state index in [1.807, 2.05) is 21.9 Å². The lowest BCUT2D eigenvalue weighted by molar-refractivity contribution is 0.178. The number of carbonyl (C=O) groups excluding carboxylic acids is 1. The van der Waals surface area contributed by atoms with Crippen molar-refractivity contribution in [2.45, 2.75) is 26.3 Å². The highest BCUT2D eigenvalue weighted by Gasteiger charge is 2.29. The largest absolute Gasteiger partial charge is 0.322 e. The van der Waals surface area contributed by atoms with Crippen LogP contribution in [-0.4, -0.2) is 71.1 Å². The second kappa shape index (κ2) is 9.51. The number of hydrogen-bond donors (Lipinski definition) is 0. The number of hydrogen-bond acceptors (Lipinski definition) is 2. The zero-order chi connectivity index (χ0) is 22.8. The van der Waals surface area contributed by atoms with Crippen molar-refractivity contribution in [3.63, 3.8) is 0 Å². The van der Waals surface area contributed by atoms with E-state index < -0.39 is 0 Å². The first-order valence-corrected chi connectivity index (χ1v) is 11.5. The minimum Gasteiger partial charge on any atom is -0.322 e. The highest BCUT2D eigenvalue weighted by atomic mass is 35.5. The Labute approximate surface area is 194 Å². The van der Waals surface area contributed by atoms with Crippen LogP contribution in [0.2, 0.25) is 5.02 Å². The summed E-state index contributed by atoms with van der Waals surface area (Å²) in [6.45, 7) is 8.18. The van der Waals surface area contributed by atoms with Crippen molar-refractivity contribution < 1.29 is 9.18 Å². The summed E-state index contributed by atoms with van der Waals surface area (Å²) in [7, 11) is 2.09. The molecular formula is C25H30ClFN4O. The Bertz CT molecular complexity index is 1100. The van der Waals surface area contributed by atoms with Gasteiger partial charge in [-0.25, -0.2) is 9.18 Å². The summed E-state index contributed by atoms with van der Waals surface area (Å²) in [5.74, 6) is -0.252. The Hall–Kier alpha value is -2.57. The molecule has 7 heteroatoms. The molecule has 1 fully saturated rings. The SMILES string of the molecule is CC(C)N1CCN(CCN(C)CCc2cn(-c3ccc(F)cc3)c3cc(Cl)ccc23)C1=O. The molecule has 0 N–H and O–H groups in total. The second-order valence-electron chi connectivity index (χ2n) is 8.77. The van der Waals surface area contributed by atoms with Gasteiger partial charge in [-0.05, 0) is 69.3 Å². The zero-order valence-corrected chi connectivity index (χ0v) is 19.6. The van der Waals surface area contributed by atoms with Crippen LogP contribution in [0.15, 0.2) is 48.7 Å². The second-order valence-corrected chi connectivity index (χ2v) is 9.21. The lowest BCUT2D eigenvalue weighted by Crippen LogP contribution is -2.39. The van der Waals surface area contributed by atoms with Crippen molar-refractivity contribution in [3.8, 4) is 5.69 Å². The predicted molar refractivity (Wildman–Crippen MR) is 128 cm³/mol. The van der Waals surface area contributed by atoms with Gasteiger partial charge in [0.25, 0.3) is 0 Å². The molecule has 2 aromatic carbocycles. The Morgan fingerprint density at radius 1 is 1.09 bits per heavy atom.